The van der Waals surface area contributed by atoms with Gasteiger partial charge in [-0.25, -0.2) is 0 Å². The molecule has 126 valence electrons. The summed E-state index contributed by atoms with van der Waals surface area (Å²) >= 11 is 15.0. The van der Waals surface area contributed by atoms with Crippen LogP contribution in [0.15, 0.2) is 100 Å². The third-order valence-corrected chi connectivity index (χ3v) is 6.56. The summed E-state index contributed by atoms with van der Waals surface area (Å²) in [6.07, 6.45) is 0. The summed E-state index contributed by atoms with van der Waals surface area (Å²) in [5, 5.41) is 6.10. The van der Waals surface area contributed by atoms with Crippen molar-refractivity contribution in [2.45, 2.75) is 0 Å². The first-order valence-electron chi connectivity index (χ1n) is 6.75. The van der Waals surface area contributed by atoms with Crippen LogP contribution >= 0.6 is 81.8 Å². The van der Waals surface area contributed by atoms with Gasteiger partial charge in [-0.3, -0.25) is 0 Å². The molecule has 24 heavy (non-hydrogen) atoms. The first kappa shape index (κ1) is 21.8. The summed E-state index contributed by atoms with van der Waals surface area (Å²) in [7, 11) is 0. The van der Waals surface area contributed by atoms with Crippen molar-refractivity contribution in [3.63, 3.8) is 0 Å². The second-order valence-electron chi connectivity index (χ2n) is 3.91. The third-order valence-electron chi connectivity index (χ3n) is 2.13. The van der Waals surface area contributed by atoms with Crippen LogP contribution in [-0.4, -0.2) is 0 Å². The highest BCUT2D eigenvalue weighted by atomic mass is 79.9. The van der Waals surface area contributed by atoms with Gasteiger partial charge in [0.1, 0.15) is 0 Å². The molecule has 0 saturated carbocycles. The molecule has 3 aromatic heterocycles. The van der Waals surface area contributed by atoms with Gasteiger partial charge in [0.05, 0.1) is 11.4 Å². The molecule has 4 rings (SSSR count). The largest absolute Gasteiger partial charge is 0.137 e. The maximum Gasteiger partial charge on any atom is 0.0698 e. The zero-order chi connectivity index (χ0) is 17.5. The van der Waals surface area contributed by atoms with Crippen LogP contribution in [0, 0.1) is 0 Å². The number of thiophene rings is 3. The van der Waals surface area contributed by atoms with E-state index in [0.717, 1.165) is 0 Å². The SMILES string of the molecule is Brc1cccs1.Brc1cccs1.Brc1cccs1.c1ccccc1. The zero-order valence-corrected chi connectivity index (χ0v) is 19.7. The highest BCUT2D eigenvalue weighted by Crippen LogP contribution is 2.15. The predicted octanol–water partition coefficient (Wildman–Crippen LogP) is 9.22. The Morgan fingerprint density at radius 3 is 0.750 bits per heavy atom. The van der Waals surface area contributed by atoms with Crippen LogP contribution in [-0.2, 0) is 0 Å². The molecule has 0 bridgehead atoms. The fourth-order valence-corrected chi connectivity index (χ4v) is 3.92. The van der Waals surface area contributed by atoms with E-state index < -0.39 is 0 Å². The van der Waals surface area contributed by atoms with Gasteiger partial charge >= 0.3 is 0 Å². The quantitative estimate of drug-likeness (QED) is 0.199. The van der Waals surface area contributed by atoms with Gasteiger partial charge in [-0.05, 0) is 82.1 Å². The van der Waals surface area contributed by atoms with Crippen molar-refractivity contribution in [1.29, 1.82) is 0 Å². The average molecular weight is 567 g/mol. The standard InChI is InChI=1S/C6H6.3C4H3BrS/c1-2-4-6-5-3-1;3*5-4-2-1-3-6-4/h1-6H;3*1-3H. The third kappa shape index (κ3) is 13.1. The van der Waals surface area contributed by atoms with Crippen LogP contribution in [0.2, 0.25) is 0 Å². The minimum atomic E-state index is 1.20. The van der Waals surface area contributed by atoms with Gasteiger partial charge in [-0.15, -0.1) is 34.0 Å². The molecule has 0 unspecified atom stereocenters. The fraction of sp³-hybridized carbons (Fsp3) is 0. The molecule has 0 atom stereocenters. The number of hydrogen-bond acceptors (Lipinski definition) is 3. The lowest BCUT2D eigenvalue weighted by molar-refractivity contribution is 1.72. The molecule has 6 heteroatoms. The Hall–Kier alpha value is -0.240. The monoisotopic (exact) mass is 564 g/mol. The van der Waals surface area contributed by atoms with Crippen molar-refractivity contribution in [1.82, 2.24) is 0 Å². The summed E-state index contributed by atoms with van der Waals surface area (Å²) in [6.45, 7) is 0. The molecular formula is C18H15Br3S3. The number of rotatable bonds is 0. The molecule has 0 aliphatic heterocycles. The molecule has 3 heterocycles. The molecule has 4 aromatic rings. The van der Waals surface area contributed by atoms with E-state index in [1.54, 1.807) is 34.0 Å². The Balaban J connectivity index is 0.000000160. The lowest BCUT2D eigenvalue weighted by Gasteiger charge is -1.69. The van der Waals surface area contributed by atoms with Gasteiger partial charge in [0.15, 0.2) is 0 Å². The van der Waals surface area contributed by atoms with E-state index in [9.17, 15) is 0 Å². The number of hydrogen-bond donors (Lipinski definition) is 0. The van der Waals surface area contributed by atoms with Gasteiger partial charge in [0.2, 0.25) is 0 Å². The lowest BCUT2D eigenvalue weighted by atomic mass is 10.4. The van der Waals surface area contributed by atoms with Gasteiger partial charge in [-0.2, -0.15) is 0 Å². The van der Waals surface area contributed by atoms with E-state index in [1.807, 2.05) is 88.9 Å². The van der Waals surface area contributed by atoms with Gasteiger partial charge in [-0.1, -0.05) is 54.6 Å². The van der Waals surface area contributed by atoms with Crippen molar-refractivity contribution >= 4 is 81.8 Å². The molecule has 0 fully saturated rings. The first-order chi connectivity index (χ1) is 11.7. The van der Waals surface area contributed by atoms with Crippen LogP contribution in [0.4, 0.5) is 0 Å². The molecule has 0 radical (unpaired) electrons. The van der Waals surface area contributed by atoms with Crippen LogP contribution in [0.5, 0.6) is 0 Å². The van der Waals surface area contributed by atoms with Crippen LogP contribution < -0.4 is 0 Å². The molecule has 1 aromatic carbocycles. The molecule has 0 aliphatic rings. The summed E-state index contributed by atoms with van der Waals surface area (Å²) in [6, 6.07) is 24.1. The second-order valence-corrected chi connectivity index (χ2v) is 10.9. The summed E-state index contributed by atoms with van der Waals surface area (Å²) in [4.78, 5) is 0. The van der Waals surface area contributed by atoms with Crippen molar-refractivity contribution < 1.29 is 0 Å². The van der Waals surface area contributed by atoms with Crippen LogP contribution in [0.3, 0.4) is 0 Å². The molecule has 0 amide bonds. The zero-order valence-electron chi connectivity index (χ0n) is 12.5. The van der Waals surface area contributed by atoms with Gasteiger partial charge in [0, 0.05) is 0 Å². The van der Waals surface area contributed by atoms with E-state index >= 15 is 0 Å². The molecule has 0 N–H and O–H groups in total. The Morgan fingerprint density at radius 2 is 0.667 bits per heavy atom. The highest BCUT2D eigenvalue weighted by molar-refractivity contribution is 9.11. The lowest BCUT2D eigenvalue weighted by Crippen LogP contribution is -1.47. The normalized spacial score (nSPS) is 8.62. The molecule has 0 aliphatic carbocycles. The van der Waals surface area contributed by atoms with E-state index in [-0.39, 0.29) is 0 Å². The van der Waals surface area contributed by atoms with Crippen molar-refractivity contribution in [3.8, 4) is 0 Å². The van der Waals surface area contributed by atoms with Crippen molar-refractivity contribution in [2.24, 2.45) is 0 Å². The molecular weight excluding hydrogens is 552 g/mol. The predicted molar refractivity (Wildman–Crippen MR) is 122 cm³/mol. The smallest absolute Gasteiger partial charge is 0.0698 e. The number of benzene rings is 1. The maximum absolute atomic E-state index is 3.30. The van der Waals surface area contributed by atoms with Gasteiger partial charge in [0.25, 0.3) is 0 Å². The van der Waals surface area contributed by atoms with Gasteiger partial charge < -0.3 is 0 Å². The highest BCUT2D eigenvalue weighted by Gasteiger charge is 1.78. The summed E-state index contributed by atoms with van der Waals surface area (Å²) < 4.78 is 3.59. The van der Waals surface area contributed by atoms with E-state index in [1.165, 1.54) is 11.4 Å². The Labute approximate surface area is 180 Å². The molecule has 0 nitrogen and oxygen atoms in total. The topological polar surface area (TPSA) is 0 Å². The van der Waals surface area contributed by atoms with E-state index in [2.05, 4.69) is 47.8 Å². The minimum Gasteiger partial charge on any atom is -0.137 e. The van der Waals surface area contributed by atoms with Crippen molar-refractivity contribution in [2.75, 3.05) is 0 Å². The fourth-order valence-electron chi connectivity index (χ4n) is 1.16. The molecule has 0 spiro atoms. The maximum atomic E-state index is 3.30. The van der Waals surface area contributed by atoms with Crippen LogP contribution in [0.1, 0.15) is 0 Å². The molecule has 0 saturated heterocycles. The Kier molecular flexibility index (Phi) is 13.7. The van der Waals surface area contributed by atoms with Crippen molar-refractivity contribution in [3.05, 3.63) is 100 Å². The van der Waals surface area contributed by atoms with Crippen LogP contribution in [0.25, 0.3) is 0 Å². The second kappa shape index (κ2) is 15.0. The summed E-state index contributed by atoms with van der Waals surface area (Å²) in [5.41, 5.74) is 0. The van der Waals surface area contributed by atoms with E-state index in [4.69, 9.17) is 0 Å². The Morgan fingerprint density at radius 1 is 0.417 bits per heavy atom. The van der Waals surface area contributed by atoms with E-state index in [0.29, 0.717) is 0 Å². The first-order valence-corrected chi connectivity index (χ1v) is 11.8. The average Bonchev–Trinajstić information content (AvgIpc) is 3.36. The summed E-state index contributed by atoms with van der Waals surface area (Å²) in [5.74, 6) is 0. The minimum absolute atomic E-state index is 1.20. The Bertz CT molecular complexity index is 588. The number of halogens is 3.